The normalized spacial score (nSPS) is 21.0. The van der Waals surface area contributed by atoms with Gasteiger partial charge in [0.05, 0.1) is 5.69 Å². The van der Waals surface area contributed by atoms with Crippen LogP contribution in [0.1, 0.15) is 25.7 Å². The van der Waals surface area contributed by atoms with Crippen LogP contribution in [0.3, 0.4) is 0 Å². The van der Waals surface area contributed by atoms with Crippen molar-refractivity contribution in [3.8, 4) is 11.3 Å². The Kier molecular flexibility index (Phi) is 4.50. The number of anilines is 1. The van der Waals surface area contributed by atoms with Crippen molar-refractivity contribution in [2.24, 2.45) is 0 Å². The lowest BCUT2D eigenvalue weighted by Gasteiger charge is -2.32. The molecule has 3 aromatic rings. The van der Waals surface area contributed by atoms with E-state index in [4.69, 9.17) is 4.98 Å². The summed E-state index contributed by atoms with van der Waals surface area (Å²) in [6.07, 6.45) is 7.23. The smallest absolute Gasteiger partial charge is 0.225 e. The van der Waals surface area contributed by atoms with Crippen molar-refractivity contribution in [3.05, 3.63) is 54.7 Å². The molecule has 138 valence electrons. The van der Waals surface area contributed by atoms with E-state index in [1.54, 1.807) is 0 Å². The summed E-state index contributed by atoms with van der Waals surface area (Å²) >= 11 is 0. The second-order valence-electron chi connectivity index (χ2n) is 7.79. The first kappa shape index (κ1) is 16.7. The van der Waals surface area contributed by atoms with Gasteiger partial charge in [0, 0.05) is 30.9 Å². The van der Waals surface area contributed by atoms with Gasteiger partial charge in [-0.3, -0.25) is 4.90 Å². The number of benzene rings is 2. The third-order valence-corrected chi connectivity index (χ3v) is 6.04. The van der Waals surface area contributed by atoms with Crippen LogP contribution in [-0.2, 0) is 0 Å². The van der Waals surface area contributed by atoms with E-state index < -0.39 is 0 Å². The molecule has 2 aliphatic rings. The molecule has 0 radical (unpaired) electrons. The van der Waals surface area contributed by atoms with Gasteiger partial charge in [0.15, 0.2) is 0 Å². The van der Waals surface area contributed by atoms with Gasteiger partial charge in [-0.25, -0.2) is 9.97 Å². The molecule has 1 atom stereocenters. The Morgan fingerprint density at radius 2 is 1.70 bits per heavy atom. The van der Waals surface area contributed by atoms with Crippen molar-refractivity contribution in [3.63, 3.8) is 0 Å². The Morgan fingerprint density at radius 3 is 2.59 bits per heavy atom. The molecule has 4 heteroatoms. The van der Waals surface area contributed by atoms with Crippen LogP contribution in [0.15, 0.2) is 54.7 Å². The van der Waals surface area contributed by atoms with Gasteiger partial charge in [-0.05, 0) is 55.3 Å². The number of piperidine rings is 1. The monoisotopic (exact) mass is 358 g/mol. The average molecular weight is 358 g/mol. The zero-order valence-corrected chi connectivity index (χ0v) is 15.7. The second-order valence-corrected chi connectivity index (χ2v) is 7.79. The third kappa shape index (κ3) is 3.42. The van der Waals surface area contributed by atoms with Gasteiger partial charge < -0.3 is 4.90 Å². The molecule has 1 aromatic heterocycles. The standard InChI is InChI=1S/C23H26N4/c1-4-13-26(14-5-1)21-11-15-27(17-21)23-24-12-10-22(25-23)20-9-8-18-6-2-3-7-19(18)16-20/h2-3,6-10,12,16,21H,1,4-5,11,13-15,17H2/t21-/m0/s1. The van der Waals surface area contributed by atoms with Crippen LogP contribution >= 0.6 is 0 Å². The SMILES string of the molecule is c1ccc2cc(-c3ccnc(N4CC[C@H](N5CCCCC5)C4)n3)ccc2c1. The predicted molar refractivity (Wildman–Crippen MR) is 111 cm³/mol. The molecule has 27 heavy (non-hydrogen) atoms. The largest absolute Gasteiger partial charge is 0.339 e. The third-order valence-electron chi connectivity index (χ3n) is 6.04. The van der Waals surface area contributed by atoms with Gasteiger partial charge in [-0.2, -0.15) is 0 Å². The number of likely N-dealkylation sites (tertiary alicyclic amines) is 1. The minimum Gasteiger partial charge on any atom is -0.339 e. The fourth-order valence-corrected chi connectivity index (χ4v) is 4.52. The average Bonchev–Trinajstić information content (AvgIpc) is 3.25. The van der Waals surface area contributed by atoms with Crippen LogP contribution in [0.25, 0.3) is 22.0 Å². The topological polar surface area (TPSA) is 32.3 Å². The molecule has 2 fully saturated rings. The van der Waals surface area contributed by atoms with Crippen LogP contribution in [0, 0.1) is 0 Å². The minimum absolute atomic E-state index is 0.665. The highest BCUT2D eigenvalue weighted by molar-refractivity contribution is 5.86. The van der Waals surface area contributed by atoms with E-state index in [1.165, 1.54) is 49.5 Å². The highest BCUT2D eigenvalue weighted by Crippen LogP contribution is 2.26. The maximum atomic E-state index is 4.91. The number of rotatable bonds is 3. The molecule has 0 bridgehead atoms. The van der Waals surface area contributed by atoms with Crippen molar-refractivity contribution < 1.29 is 0 Å². The zero-order valence-electron chi connectivity index (χ0n) is 15.7. The molecule has 0 unspecified atom stereocenters. The first-order chi connectivity index (χ1) is 13.4. The molecule has 0 spiro atoms. The first-order valence-corrected chi connectivity index (χ1v) is 10.2. The molecule has 2 aromatic carbocycles. The maximum absolute atomic E-state index is 4.91. The van der Waals surface area contributed by atoms with Gasteiger partial charge >= 0.3 is 0 Å². The van der Waals surface area contributed by atoms with Crippen molar-refractivity contribution in [2.45, 2.75) is 31.7 Å². The molecule has 3 heterocycles. The van der Waals surface area contributed by atoms with Crippen molar-refractivity contribution in [1.82, 2.24) is 14.9 Å². The van der Waals surface area contributed by atoms with Crippen LogP contribution in [-0.4, -0.2) is 47.1 Å². The number of hydrogen-bond acceptors (Lipinski definition) is 4. The summed E-state index contributed by atoms with van der Waals surface area (Å²) in [5, 5.41) is 2.51. The van der Waals surface area contributed by atoms with Gasteiger partial charge in [0.2, 0.25) is 5.95 Å². The molecule has 0 saturated carbocycles. The Hall–Kier alpha value is -2.46. The summed E-state index contributed by atoms with van der Waals surface area (Å²) in [5.74, 6) is 0.875. The lowest BCUT2D eigenvalue weighted by atomic mass is 10.1. The number of fused-ring (bicyclic) bond motifs is 1. The van der Waals surface area contributed by atoms with Crippen LogP contribution < -0.4 is 4.90 Å². The molecule has 4 nitrogen and oxygen atoms in total. The molecular weight excluding hydrogens is 332 g/mol. The second kappa shape index (κ2) is 7.28. The van der Waals surface area contributed by atoms with E-state index in [2.05, 4.69) is 57.2 Å². The number of hydrogen-bond donors (Lipinski definition) is 0. The predicted octanol–water partition coefficient (Wildman–Crippen LogP) is 4.36. The van der Waals surface area contributed by atoms with E-state index in [9.17, 15) is 0 Å². The van der Waals surface area contributed by atoms with Crippen LogP contribution in [0.2, 0.25) is 0 Å². The Balaban J connectivity index is 1.37. The quantitative estimate of drug-likeness (QED) is 0.696. The molecule has 0 amide bonds. The lowest BCUT2D eigenvalue weighted by Crippen LogP contribution is -2.41. The van der Waals surface area contributed by atoms with Crippen LogP contribution in [0.4, 0.5) is 5.95 Å². The Morgan fingerprint density at radius 1 is 0.852 bits per heavy atom. The summed E-state index contributed by atoms with van der Waals surface area (Å²) in [5.41, 5.74) is 2.16. The first-order valence-electron chi connectivity index (χ1n) is 10.2. The Bertz CT molecular complexity index is 932. The fourth-order valence-electron chi connectivity index (χ4n) is 4.52. The summed E-state index contributed by atoms with van der Waals surface area (Å²) in [4.78, 5) is 14.5. The molecular formula is C23H26N4. The van der Waals surface area contributed by atoms with Crippen molar-refractivity contribution in [2.75, 3.05) is 31.1 Å². The maximum Gasteiger partial charge on any atom is 0.225 e. The van der Waals surface area contributed by atoms with Gasteiger partial charge in [0.1, 0.15) is 0 Å². The lowest BCUT2D eigenvalue weighted by molar-refractivity contribution is 0.174. The number of nitrogens with zero attached hydrogens (tertiary/aromatic N) is 4. The molecule has 2 aliphatic heterocycles. The highest BCUT2D eigenvalue weighted by Gasteiger charge is 2.29. The van der Waals surface area contributed by atoms with Crippen molar-refractivity contribution >= 4 is 16.7 Å². The number of aromatic nitrogens is 2. The van der Waals surface area contributed by atoms with Crippen LogP contribution in [0.5, 0.6) is 0 Å². The Labute approximate surface area is 160 Å². The van der Waals surface area contributed by atoms with E-state index in [0.29, 0.717) is 6.04 Å². The summed E-state index contributed by atoms with van der Waals surface area (Å²) in [6, 6.07) is 17.7. The molecule has 2 saturated heterocycles. The van der Waals surface area contributed by atoms with Crippen molar-refractivity contribution in [1.29, 1.82) is 0 Å². The summed E-state index contributed by atoms with van der Waals surface area (Å²) in [6.45, 7) is 4.64. The van der Waals surface area contributed by atoms with E-state index in [-0.39, 0.29) is 0 Å². The van der Waals surface area contributed by atoms with E-state index >= 15 is 0 Å². The zero-order chi connectivity index (χ0) is 18.1. The molecule has 0 N–H and O–H groups in total. The van der Waals surface area contributed by atoms with Gasteiger partial charge in [-0.15, -0.1) is 0 Å². The van der Waals surface area contributed by atoms with Gasteiger partial charge in [-0.1, -0.05) is 42.8 Å². The molecule has 5 rings (SSSR count). The minimum atomic E-state index is 0.665. The fraction of sp³-hybridized carbons (Fsp3) is 0.391. The van der Waals surface area contributed by atoms with E-state index in [1.807, 2.05) is 12.3 Å². The summed E-state index contributed by atoms with van der Waals surface area (Å²) in [7, 11) is 0. The highest BCUT2D eigenvalue weighted by atomic mass is 15.3. The van der Waals surface area contributed by atoms with Gasteiger partial charge in [0.25, 0.3) is 0 Å². The molecule has 0 aliphatic carbocycles. The van der Waals surface area contributed by atoms with E-state index in [0.717, 1.165) is 30.3 Å². The summed E-state index contributed by atoms with van der Waals surface area (Å²) < 4.78 is 0.